The fraction of sp³-hybridized carbons (Fsp3) is 0.600. The molecule has 0 unspecified atom stereocenters. The summed E-state index contributed by atoms with van der Waals surface area (Å²) in [6.45, 7) is 3.80. The molecule has 3 rings (SSSR count). The first-order chi connectivity index (χ1) is 14.3. The van der Waals surface area contributed by atoms with Crippen molar-refractivity contribution >= 4 is 6.08 Å². The number of halogens is 5. The van der Waals surface area contributed by atoms with Gasteiger partial charge in [0, 0.05) is 11.6 Å². The molecule has 0 bridgehead atoms. The Morgan fingerprint density at radius 2 is 1.40 bits per heavy atom. The highest BCUT2D eigenvalue weighted by Crippen LogP contribution is 2.44. The molecular formula is C25H31F5. The molecule has 0 saturated heterocycles. The molecule has 0 aliphatic heterocycles. The third-order valence-corrected chi connectivity index (χ3v) is 7.12. The molecule has 0 amide bonds. The Bertz CT molecular complexity index is 709. The van der Waals surface area contributed by atoms with Gasteiger partial charge in [-0.15, -0.1) is 6.58 Å². The monoisotopic (exact) mass is 426 g/mol. The van der Waals surface area contributed by atoms with Crippen LogP contribution in [-0.4, -0.2) is 6.18 Å². The topological polar surface area (TPSA) is 0 Å². The molecular weight excluding hydrogens is 395 g/mol. The van der Waals surface area contributed by atoms with Crippen molar-refractivity contribution in [2.24, 2.45) is 17.8 Å². The lowest BCUT2D eigenvalue weighted by Crippen LogP contribution is -2.25. The summed E-state index contributed by atoms with van der Waals surface area (Å²) >= 11 is 0. The van der Waals surface area contributed by atoms with Crippen molar-refractivity contribution in [1.29, 1.82) is 0 Å². The maximum atomic E-state index is 14.3. The average molecular weight is 427 g/mol. The molecule has 1 aromatic rings. The number of hydrogen-bond donors (Lipinski definition) is 0. The second-order valence-corrected chi connectivity index (χ2v) is 9.03. The molecule has 0 N–H and O–H groups in total. The van der Waals surface area contributed by atoms with Crippen LogP contribution in [0.25, 0.3) is 6.08 Å². The van der Waals surface area contributed by atoms with E-state index in [0.29, 0.717) is 17.6 Å². The van der Waals surface area contributed by atoms with Gasteiger partial charge in [0.15, 0.2) is 0 Å². The molecule has 2 aliphatic rings. The van der Waals surface area contributed by atoms with Gasteiger partial charge < -0.3 is 0 Å². The second-order valence-electron chi connectivity index (χ2n) is 9.03. The van der Waals surface area contributed by atoms with Crippen molar-refractivity contribution in [3.63, 3.8) is 0 Å². The molecule has 166 valence electrons. The Hall–Kier alpha value is -1.65. The van der Waals surface area contributed by atoms with Crippen LogP contribution in [0.15, 0.2) is 30.9 Å². The predicted molar refractivity (Wildman–Crippen MR) is 111 cm³/mol. The highest BCUT2D eigenvalue weighted by Gasteiger charge is 2.31. The van der Waals surface area contributed by atoms with Gasteiger partial charge in [-0.2, -0.15) is 13.2 Å². The van der Waals surface area contributed by atoms with Gasteiger partial charge in [0.05, 0.1) is 0 Å². The Balaban J connectivity index is 1.55. The predicted octanol–water partition coefficient (Wildman–Crippen LogP) is 8.59. The average Bonchev–Trinajstić information content (AvgIpc) is 2.71. The SMILES string of the molecule is C=CCCC1CCC(C2CCC(c3cc(F)c(C=CC(F)(F)F)c(F)c3)CC2)CC1. The summed E-state index contributed by atoms with van der Waals surface area (Å²) in [5.41, 5.74) is -0.0567. The van der Waals surface area contributed by atoms with Crippen molar-refractivity contribution < 1.29 is 22.0 Å². The highest BCUT2D eigenvalue weighted by molar-refractivity contribution is 5.52. The van der Waals surface area contributed by atoms with Crippen LogP contribution in [0.3, 0.4) is 0 Å². The zero-order valence-corrected chi connectivity index (χ0v) is 17.4. The van der Waals surface area contributed by atoms with Crippen molar-refractivity contribution in [2.75, 3.05) is 0 Å². The maximum absolute atomic E-state index is 14.3. The first-order valence-electron chi connectivity index (χ1n) is 11.1. The zero-order chi connectivity index (χ0) is 21.7. The van der Waals surface area contributed by atoms with Gasteiger partial charge >= 0.3 is 6.18 Å². The van der Waals surface area contributed by atoms with Crippen LogP contribution in [0.5, 0.6) is 0 Å². The first kappa shape index (κ1) is 23.0. The van der Waals surface area contributed by atoms with E-state index in [1.807, 2.05) is 6.08 Å². The summed E-state index contributed by atoms with van der Waals surface area (Å²) in [5, 5.41) is 0. The molecule has 0 aromatic heterocycles. The van der Waals surface area contributed by atoms with Crippen LogP contribution < -0.4 is 0 Å². The largest absolute Gasteiger partial charge is 0.409 e. The number of benzene rings is 1. The van der Waals surface area contributed by atoms with Crippen molar-refractivity contribution in [3.8, 4) is 0 Å². The molecule has 2 aliphatic carbocycles. The summed E-state index contributed by atoms with van der Waals surface area (Å²) in [5.74, 6) is 0.497. The van der Waals surface area contributed by atoms with E-state index in [-0.39, 0.29) is 12.0 Å². The quantitative estimate of drug-likeness (QED) is 0.316. The van der Waals surface area contributed by atoms with Crippen LogP contribution in [0.4, 0.5) is 22.0 Å². The van der Waals surface area contributed by atoms with Crippen LogP contribution in [0.2, 0.25) is 0 Å². The summed E-state index contributed by atoms with van der Waals surface area (Å²) in [6, 6.07) is 2.43. The Morgan fingerprint density at radius 3 is 1.90 bits per heavy atom. The third-order valence-electron chi connectivity index (χ3n) is 7.12. The third kappa shape index (κ3) is 6.18. The van der Waals surface area contributed by atoms with Crippen LogP contribution in [-0.2, 0) is 0 Å². The van der Waals surface area contributed by atoms with Gasteiger partial charge in [-0.25, -0.2) is 8.78 Å². The summed E-state index contributed by atoms with van der Waals surface area (Å²) in [4.78, 5) is 0. The molecule has 0 atom stereocenters. The molecule has 0 radical (unpaired) electrons. The lowest BCUT2D eigenvalue weighted by atomic mass is 9.68. The van der Waals surface area contributed by atoms with Gasteiger partial charge in [-0.3, -0.25) is 0 Å². The summed E-state index contributed by atoms with van der Waals surface area (Å²) in [6.07, 6.45) is 9.12. The Morgan fingerprint density at radius 1 is 0.867 bits per heavy atom. The zero-order valence-electron chi connectivity index (χ0n) is 17.4. The Labute approximate surface area is 176 Å². The van der Waals surface area contributed by atoms with Crippen LogP contribution >= 0.6 is 0 Å². The van der Waals surface area contributed by atoms with E-state index in [9.17, 15) is 22.0 Å². The molecule has 2 fully saturated rings. The van der Waals surface area contributed by atoms with Gasteiger partial charge in [0.2, 0.25) is 0 Å². The number of rotatable bonds is 6. The van der Waals surface area contributed by atoms with E-state index in [4.69, 9.17) is 0 Å². The van der Waals surface area contributed by atoms with Gasteiger partial charge in [0.25, 0.3) is 0 Å². The smallest absolute Gasteiger partial charge is 0.206 e. The summed E-state index contributed by atoms with van der Waals surface area (Å²) < 4.78 is 65.5. The molecule has 1 aromatic carbocycles. The minimum atomic E-state index is -4.60. The first-order valence-corrected chi connectivity index (χ1v) is 11.1. The number of hydrogen-bond acceptors (Lipinski definition) is 0. The fourth-order valence-electron chi connectivity index (χ4n) is 5.40. The van der Waals surface area contributed by atoms with Gasteiger partial charge in [-0.05, 0) is 98.8 Å². The lowest BCUT2D eigenvalue weighted by molar-refractivity contribution is -0.0790. The number of alkyl halides is 3. The second kappa shape index (κ2) is 10.1. The van der Waals surface area contributed by atoms with E-state index in [0.717, 1.165) is 43.9 Å². The fourth-order valence-corrected chi connectivity index (χ4v) is 5.40. The highest BCUT2D eigenvalue weighted by atomic mass is 19.4. The van der Waals surface area contributed by atoms with Crippen molar-refractivity contribution in [3.05, 3.63) is 53.6 Å². The summed E-state index contributed by atoms with van der Waals surface area (Å²) in [7, 11) is 0. The van der Waals surface area contributed by atoms with Crippen molar-refractivity contribution in [1.82, 2.24) is 0 Å². The van der Waals surface area contributed by atoms with Gasteiger partial charge in [-0.1, -0.05) is 18.9 Å². The minimum absolute atomic E-state index is 0.0785. The normalized spacial score (nSPS) is 28.0. The van der Waals surface area contributed by atoms with Crippen LogP contribution in [0.1, 0.15) is 81.3 Å². The molecule has 0 heterocycles. The number of allylic oxidation sites excluding steroid dienone is 2. The molecule has 2 saturated carbocycles. The minimum Gasteiger partial charge on any atom is -0.206 e. The van der Waals surface area contributed by atoms with E-state index < -0.39 is 23.4 Å². The lowest BCUT2D eigenvalue weighted by Gasteiger charge is -2.38. The molecule has 30 heavy (non-hydrogen) atoms. The van der Waals surface area contributed by atoms with Crippen molar-refractivity contribution in [2.45, 2.75) is 76.3 Å². The van der Waals surface area contributed by atoms with Gasteiger partial charge in [0.1, 0.15) is 11.6 Å². The van der Waals surface area contributed by atoms with E-state index in [1.54, 1.807) is 0 Å². The standard InChI is InChI=1S/C25H31F5/c1-2-3-4-17-5-7-18(8-6-17)19-9-11-20(12-10-19)21-15-23(26)22(24(27)16-21)13-14-25(28,29)30/h2,13-20H,1,3-12H2. The van der Waals surface area contributed by atoms with Crippen LogP contribution in [0, 0.1) is 29.4 Å². The molecule has 5 heteroatoms. The maximum Gasteiger partial charge on any atom is 0.409 e. The molecule has 0 nitrogen and oxygen atoms in total. The molecule has 0 spiro atoms. The van der Waals surface area contributed by atoms with E-state index >= 15 is 0 Å². The Kier molecular flexibility index (Phi) is 7.75. The van der Waals surface area contributed by atoms with E-state index in [1.165, 1.54) is 44.2 Å². The van der Waals surface area contributed by atoms with E-state index in [2.05, 4.69) is 6.58 Å².